The second-order valence-electron chi connectivity index (χ2n) is 8.03. The number of rotatable bonds is 4. The van der Waals surface area contributed by atoms with Gasteiger partial charge in [-0.15, -0.1) is 6.58 Å². The Morgan fingerprint density at radius 1 is 1.25 bits per heavy atom. The number of allylic oxidation sites excluding steroid dienone is 2. The summed E-state index contributed by atoms with van der Waals surface area (Å²) in [4.78, 5) is 33.7. The van der Waals surface area contributed by atoms with Gasteiger partial charge in [-0.3, -0.25) is 9.59 Å². The molecule has 0 saturated heterocycles. The van der Waals surface area contributed by atoms with Crippen molar-refractivity contribution in [3.63, 3.8) is 0 Å². The quantitative estimate of drug-likeness (QED) is 0.461. The molecule has 0 radical (unpaired) electrons. The fraction of sp³-hybridized carbons (Fsp3) is 0.318. The van der Waals surface area contributed by atoms with E-state index in [4.69, 9.17) is 0 Å². The third-order valence-electron chi connectivity index (χ3n) is 5.17. The first-order valence-electron chi connectivity index (χ1n) is 9.36. The third-order valence-corrected chi connectivity index (χ3v) is 6.04. The Bertz CT molecular complexity index is 1040. The fourth-order valence-electron chi connectivity index (χ4n) is 4.08. The van der Waals surface area contributed by atoms with E-state index in [1.54, 1.807) is 6.08 Å². The van der Waals surface area contributed by atoms with E-state index < -0.39 is 5.92 Å². The molecule has 2 heterocycles. The first kappa shape index (κ1) is 18.7. The van der Waals surface area contributed by atoms with Gasteiger partial charge in [-0.05, 0) is 17.4 Å². The van der Waals surface area contributed by atoms with Gasteiger partial charge in [0, 0.05) is 29.4 Å². The van der Waals surface area contributed by atoms with Gasteiger partial charge in [-0.2, -0.15) is 0 Å². The molecule has 0 saturated carbocycles. The maximum atomic E-state index is 13.1. The number of nitrogens with one attached hydrogen (secondary N) is 2. The summed E-state index contributed by atoms with van der Waals surface area (Å²) in [6.45, 7) is 7.91. The van der Waals surface area contributed by atoms with Crippen LogP contribution >= 0.6 is 11.8 Å². The highest BCUT2D eigenvalue weighted by molar-refractivity contribution is 7.99. The summed E-state index contributed by atoms with van der Waals surface area (Å²) in [7, 11) is 0. The molecule has 6 heteroatoms. The molecule has 28 heavy (non-hydrogen) atoms. The van der Waals surface area contributed by atoms with Gasteiger partial charge in [0.1, 0.15) is 5.82 Å². The molecule has 144 valence electrons. The second-order valence-corrected chi connectivity index (χ2v) is 9.04. The molecule has 1 aromatic carbocycles. The number of benzene rings is 1. The van der Waals surface area contributed by atoms with Crippen LogP contribution in [0, 0.1) is 5.41 Å². The van der Waals surface area contributed by atoms with Crippen molar-refractivity contribution in [2.75, 3.05) is 11.1 Å². The zero-order valence-corrected chi connectivity index (χ0v) is 16.9. The highest BCUT2D eigenvalue weighted by Crippen LogP contribution is 2.47. The van der Waals surface area contributed by atoms with Crippen molar-refractivity contribution in [1.82, 2.24) is 9.97 Å². The number of aromatic nitrogens is 2. The Labute approximate surface area is 168 Å². The van der Waals surface area contributed by atoms with Crippen molar-refractivity contribution < 1.29 is 4.79 Å². The molecule has 0 bridgehead atoms. The Morgan fingerprint density at radius 3 is 2.71 bits per heavy atom. The molecule has 1 atom stereocenters. The summed E-state index contributed by atoms with van der Waals surface area (Å²) in [6.07, 6.45) is 3.00. The predicted molar refractivity (Wildman–Crippen MR) is 113 cm³/mol. The van der Waals surface area contributed by atoms with Gasteiger partial charge in [0.15, 0.2) is 10.9 Å². The molecule has 0 unspecified atom stereocenters. The number of carbonyl (C=O) groups excluding carboxylic acids is 1. The number of aromatic amines is 1. The number of ketones is 1. The minimum Gasteiger partial charge on any atom is -0.343 e. The number of fused-ring (bicyclic) bond motifs is 1. The van der Waals surface area contributed by atoms with Gasteiger partial charge in [0.25, 0.3) is 5.56 Å². The van der Waals surface area contributed by atoms with E-state index in [0.717, 1.165) is 17.7 Å². The van der Waals surface area contributed by atoms with Crippen LogP contribution < -0.4 is 10.9 Å². The Hall–Kier alpha value is -2.60. The largest absolute Gasteiger partial charge is 0.343 e. The molecule has 0 amide bonds. The van der Waals surface area contributed by atoms with Gasteiger partial charge in [-0.1, -0.05) is 62.0 Å². The second kappa shape index (κ2) is 7.09. The number of H-pyrrole nitrogens is 1. The monoisotopic (exact) mass is 393 g/mol. The lowest BCUT2D eigenvalue weighted by atomic mass is 9.69. The zero-order chi connectivity index (χ0) is 19.9. The van der Waals surface area contributed by atoms with Crippen LogP contribution in [-0.4, -0.2) is 21.5 Å². The maximum absolute atomic E-state index is 13.1. The molecule has 0 spiro atoms. The van der Waals surface area contributed by atoms with E-state index >= 15 is 0 Å². The van der Waals surface area contributed by atoms with Gasteiger partial charge >= 0.3 is 0 Å². The first-order chi connectivity index (χ1) is 13.4. The van der Waals surface area contributed by atoms with E-state index in [2.05, 4.69) is 35.7 Å². The first-order valence-corrected chi connectivity index (χ1v) is 10.3. The summed E-state index contributed by atoms with van der Waals surface area (Å²) in [5.74, 6) is 0.908. The fourth-order valence-corrected chi connectivity index (χ4v) is 4.67. The number of thioether (sulfide) groups is 1. The highest BCUT2D eigenvalue weighted by atomic mass is 32.2. The van der Waals surface area contributed by atoms with Gasteiger partial charge in [0.05, 0.1) is 5.56 Å². The number of nitrogens with zero attached hydrogens (tertiary/aromatic N) is 1. The van der Waals surface area contributed by atoms with Crippen LogP contribution in [0.2, 0.25) is 0 Å². The van der Waals surface area contributed by atoms with E-state index in [1.165, 1.54) is 11.8 Å². The van der Waals surface area contributed by atoms with Crippen molar-refractivity contribution in [3.8, 4) is 0 Å². The summed E-state index contributed by atoms with van der Waals surface area (Å²) in [5.41, 5.74) is 2.72. The molecule has 2 aliphatic rings. The van der Waals surface area contributed by atoms with E-state index in [1.807, 2.05) is 30.3 Å². The molecular formula is C22H23N3O2S. The molecule has 1 aromatic heterocycles. The van der Waals surface area contributed by atoms with Crippen LogP contribution in [0.3, 0.4) is 0 Å². The molecular weight excluding hydrogens is 370 g/mol. The summed E-state index contributed by atoms with van der Waals surface area (Å²) < 4.78 is 0. The highest BCUT2D eigenvalue weighted by Gasteiger charge is 2.42. The lowest BCUT2D eigenvalue weighted by molar-refractivity contribution is -0.118. The third kappa shape index (κ3) is 3.33. The smallest absolute Gasteiger partial charge is 0.257 e. The van der Waals surface area contributed by atoms with Crippen molar-refractivity contribution >= 4 is 23.4 Å². The maximum Gasteiger partial charge on any atom is 0.257 e. The topological polar surface area (TPSA) is 74.8 Å². The van der Waals surface area contributed by atoms with Crippen LogP contribution in [0.15, 0.2) is 64.2 Å². The molecule has 4 rings (SSSR count). The van der Waals surface area contributed by atoms with Gasteiger partial charge < -0.3 is 10.3 Å². The molecule has 1 aliphatic carbocycles. The van der Waals surface area contributed by atoms with E-state index in [9.17, 15) is 9.59 Å². The summed E-state index contributed by atoms with van der Waals surface area (Å²) >= 11 is 1.43. The average molecular weight is 394 g/mol. The molecule has 1 aliphatic heterocycles. The van der Waals surface area contributed by atoms with Gasteiger partial charge in [0.2, 0.25) is 0 Å². The Morgan fingerprint density at radius 2 is 2.00 bits per heavy atom. The number of anilines is 1. The lowest BCUT2D eigenvalue weighted by Crippen LogP contribution is -2.37. The minimum atomic E-state index is -0.397. The Kier molecular flexibility index (Phi) is 4.75. The molecule has 5 nitrogen and oxygen atoms in total. The van der Waals surface area contributed by atoms with Crippen molar-refractivity contribution in [1.29, 1.82) is 0 Å². The normalized spacial score (nSPS) is 20.2. The lowest BCUT2D eigenvalue weighted by Gasteiger charge is -2.38. The Balaban J connectivity index is 1.92. The summed E-state index contributed by atoms with van der Waals surface area (Å²) in [6, 6.07) is 9.74. The number of Topliss-reactive ketones (excluding diaryl/α,β-unsaturated/α-hetero) is 1. The standard InChI is InChI=1S/C22H23N3O2S/c1-4-10-28-21-24-19-18(20(27)25-21)16(13-8-6-5-7-9-13)17-14(23-19)11-22(2,3)12-15(17)26/h4-9,16H,1,10-12H2,2-3H3,(H2,23,24,25,27)/t16-/m0/s1. The predicted octanol–water partition coefficient (Wildman–Crippen LogP) is 4.25. The van der Waals surface area contributed by atoms with Crippen LogP contribution in [0.1, 0.15) is 43.7 Å². The molecule has 2 aromatic rings. The minimum absolute atomic E-state index is 0.0998. The van der Waals surface area contributed by atoms with Crippen LogP contribution in [0.4, 0.5) is 5.82 Å². The van der Waals surface area contributed by atoms with Crippen molar-refractivity contribution in [2.24, 2.45) is 5.41 Å². The SMILES string of the molecule is C=CCSc1nc2c(c(=O)[nH]1)[C@@H](c1ccccc1)C1=C(CC(C)(C)CC1=O)N2. The number of hydrogen-bond acceptors (Lipinski definition) is 5. The zero-order valence-electron chi connectivity index (χ0n) is 16.0. The summed E-state index contributed by atoms with van der Waals surface area (Å²) in [5, 5.41) is 3.88. The average Bonchev–Trinajstić information content (AvgIpc) is 2.64. The van der Waals surface area contributed by atoms with E-state index in [-0.39, 0.29) is 16.8 Å². The van der Waals surface area contributed by atoms with Gasteiger partial charge in [-0.25, -0.2) is 4.98 Å². The van der Waals surface area contributed by atoms with E-state index in [0.29, 0.717) is 34.3 Å². The van der Waals surface area contributed by atoms with Crippen molar-refractivity contribution in [2.45, 2.75) is 37.8 Å². The van der Waals surface area contributed by atoms with Crippen LogP contribution in [0.5, 0.6) is 0 Å². The number of hydrogen-bond donors (Lipinski definition) is 2. The molecule has 2 N–H and O–H groups in total. The van der Waals surface area contributed by atoms with Crippen LogP contribution in [-0.2, 0) is 4.79 Å². The van der Waals surface area contributed by atoms with Crippen molar-refractivity contribution in [3.05, 3.63) is 75.7 Å². The molecule has 0 fully saturated rings. The van der Waals surface area contributed by atoms with Crippen LogP contribution in [0.25, 0.3) is 0 Å². The number of carbonyl (C=O) groups is 1.